The zero-order chi connectivity index (χ0) is 26.9. The Hall–Kier alpha value is -3.67. The quantitative estimate of drug-likeness (QED) is 0.112. The first-order valence-corrected chi connectivity index (χ1v) is 14.2. The molecular weight excluding hydrogens is 711 g/mol. The summed E-state index contributed by atoms with van der Waals surface area (Å²) in [6, 6.07) is 35.6. The van der Waals surface area contributed by atoms with Gasteiger partial charge in [-0.2, -0.15) is 0 Å². The summed E-state index contributed by atoms with van der Waals surface area (Å²) in [5, 5.41) is 13.7. The molecule has 199 valence electrons. The van der Waals surface area contributed by atoms with Gasteiger partial charge >= 0.3 is 0 Å². The van der Waals surface area contributed by atoms with Crippen molar-refractivity contribution in [1.82, 2.24) is 4.98 Å². The molecule has 3 nitrogen and oxygen atoms in total. The van der Waals surface area contributed by atoms with Crippen molar-refractivity contribution in [3.63, 3.8) is 0 Å². The van der Waals surface area contributed by atoms with Crippen molar-refractivity contribution < 1.29 is 30.0 Å². The SMILES string of the molecule is CC(=O)/C=C(/C)O.[Ir].[c-]1ccccc1-c1cc(-c2c3sc4ccccc4c3cc3c2sc2ccccc23)ccn1. The molecule has 7 rings (SSSR count). The van der Waals surface area contributed by atoms with E-state index >= 15 is 0 Å². The molecule has 0 fully saturated rings. The number of aromatic nitrogens is 1. The third kappa shape index (κ3) is 5.36. The minimum atomic E-state index is -0.125. The van der Waals surface area contributed by atoms with Crippen LogP contribution >= 0.6 is 22.7 Å². The number of pyridine rings is 1. The number of rotatable bonds is 3. The van der Waals surface area contributed by atoms with E-state index in [-0.39, 0.29) is 31.6 Å². The Morgan fingerprint density at radius 3 is 1.93 bits per heavy atom. The van der Waals surface area contributed by atoms with Crippen LogP contribution in [0.3, 0.4) is 0 Å². The smallest absolute Gasteiger partial charge is 0.155 e. The first-order chi connectivity index (χ1) is 19.0. The minimum absolute atomic E-state index is 0. The van der Waals surface area contributed by atoms with Crippen molar-refractivity contribution in [2.75, 3.05) is 0 Å². The molecule has 0 amide bonds. The van der Waals surface area contributed by atoms with Crippen LogP contribution in [0, 0.1) is 6.07 Å². The number of benzene rings is 4. The number of nitrogens with zero attached hydrogens (tertiary/aromatic N) is 1. The van der Waals surface area contributed by atoms with Gasteiger partial charge in [-0.1, -0.05) is 42.5 Å². The topological polar surface area (TPSA) is 50.2 Å². The average Bonchev–Trinajstić information content (AvgIpc) is 3.50. The van der Waals surface area contributed by atoms with Crippen molar-refractivity contribution in [3.8, 4) is 22.4 Å². The third-order valence-corrected chi connectivity index (χ3v) is 8.86. The fraction of sp³-hybridized carbons (Fsp3) is 0.0588. The summed E-state index contributed by atoms with van der Waals surface area (Å²) in [6.45, 7) is 2.85. The van der Waals surface area contributed by atoms with Gasteiger partial charge in [0.2, 0.25) is 0 Å². The summed E-state index contributed by atoms with van der Waals surface area (Å²) in [7, 11) is 0. The fourth-order valence-corrected chi connectivity index (χ4v) is 7.45. The maximum absolute atomic E-state index is 10.0. The largest absolute Gasteiger partial charge is 0.512 e. The number of hydrogen-bond acceptors (Lipinski definition) is 5. The molecule has 1 radical (unpaired) electrons. The molecule has 40 heavy (non-hydrogen) atoms. The zero-order valence-electron chi connectivity index (χ0n) is 21.8. The number of hydrogen-bond donors (Lipinski definition) is 1. The van der Waals surface area contributed by atoms with Gasteiger partial charge in [0.25, 0.3) is 0 Å². The molecule has 0 aliphatic rings. The van der Waals surface area contributed by atoms with E-state index < -0.39 is 0 Å². The van der Waals surface area contributed by atoms with E-state index in [1.165, 1.54) is 71.4 Å². The number of carbonyl (C=O) groups is 1. The molecule has 0 atom stereocenters. The van der Waals surface area contributed by atoms with Gasteiger partial charge in [0, 0.05) is 78.3 Å². The molecule has 0 saturated heterocycles. The summed E-state index contributed by atoms with van der Waals surface area (Å²) in [5.74, 6) is -0.0625. The van der Waals surface area contributed by atoms with E-state index in [9.17, 15) is 4.79 Å². The fourth-order valence-electron chi connectivity index (χ4n) is 4.88. The minimum Gasteiger partial charge on any atom is -0.512 e. The second kappa shape index (κ2) is 11.8. The molecule has 0 bridgehead atoms. The number of ketones is 1. The van der Waals surface area contributed by atoms with Crippen molar-refractivity contribution in [2.45, 2.75) is 13.8 Å². The number of allylic oxidation sites excluding steroid dienone is 2. The van der Waals surface area contributed by atoms with Crippen LogP contribution in [-0.4, -0.2) is 15.9 Å². The molecule has 0 unspecified atom stereocenters. The van der Waals surface area contributed by atoms with Gasteiger partial charge in [-0.3, -0.25) is 4.79 Å². The van der Waals surface area contributed by atoms with E-state index in [1.54, 1.807) is 0 Å². The molecule has 1 N–H and O–H groups in total. The van der Waals surface area contributed by atoms with E-state index in [0.29, 0.717) is 0 Å². The van der Waals surface area contributed by atoms with Crippen LogP contribution in [0.2, 0.25) is 0 Å². The molecule has 0 aliphatic carbocycles. The Morgan fingerprint density at radius 1 is 0.800 bits per heavy atom. The second-order valence-corrected chi connectivity index (χ2v) is 11.4. The Balaban J connectivity index is 0.000000362. The molecule has 6 heteroatoms. The third-order valence-electron chi connectivity index (χ3n) is 6.46. The number of aliphatic hydroxyl groups excluding tert-OH is 1. The van der Waals surface area contributed by atoms with Crippen LogP contribution < -0.4 is 0 Å². The maximum Gasteiger partial charge on any atom is 0.155 e. The van der Waals surface area contributed by atoms with Crippen LogP contribution in [0.25, 0.3) is 62.7 Å². The van der Waals surface area contributed by atoms with Crippen molar-refractivity contribution in [3.05, 3.63) is 115 Å². The van der Waals surface area contributed by atoms with Crippen LogP contribution in [-0.2, 0) is 24.9 Å². The van der Waals surface area contributed by atoms with E-state index in [1.807, 2.05) is 47.1 Å². The Kier molecular flexibility index (Phi) is 8.24. The summed E-state index contributed by atoms with van der Waals surface area (Å²) >= 11 is 3.78. The molecule has 7 aromatic rings. The molecule has 3 aromatic heterocycles. The summed E-state index contributed by atoms with van der Waals surface area (Å²) in [6.07, 6.45) is 3.09. The van der Waals surface area contributed by atoms with Gasteiger partial charge < -0.3 is 10.1 Å². The van der Waals surface area contributed by atoms with Gasteiger partial charge in [0.05, 0.1) is 5.76 Å². The van der Waals surface area contributed by atoms with Gasteiger partial charge in [0.1, 0.15) is 0 Å². The van der Waals surface area contributed by atoms with Crippen LogP contribution in [0.4, 0.5) is 0 Å². The molecular formula is C34H24IrNO2S2-. The Morgan fingerprint density at radius 2 is 1.40 bits per heavy atom. The molecule has 4 aromatic carbocycles. The molecule has 0 spiro atoms. The number of aliphatic hydroxyl groups is 1. The molecule has 0 aliphatic heterocycles. The normalized spacial score (nSPS) is 11.4. The summed E-state index contributed by atoms with van der Waals surface area (Å²) < 4.78 is 5.35. The summed E-state index contributed by atoms with van der Waals surface area (Å²) in [5.41, 5.74) is 4.50. The number of thiophene rings is 2. The second-order valence-electron chi connectivity index (χ2n) is 9.30. The van der Waals surface area contributed by atoms with Gasteiger partial charge in [0.15, 0.2) is 5.78 Å². The average molecular weight is 735 g/mol. The van der Waals surface area contributed by atoms with Crippen molar-refractivity contribution in [2.24, 2.45) is 0 Å². The Labute approximate surface area is 253 Å². The van der Waals surface area contributed by atoms with Crippen LogP contribution in [0.15, 0.2) is 109 Å². The van der Waals surface area contributed by atoms with Crippen molar-refractivity contribution >= 4 is 68.8 Å². The van der Waals surface area contributed by atoms with Gasteiger partial charge in [-0.25, -0.2) is 0 Å². The first kappa shape index (κ1) is 27.9. The van der Waals surface area contributed by atoms with Crippen LogP contribution in [0.5, 0.6) is 0 Å². The monoisotopic (exact) mass is 735 g/mol. The van der Waals surface area contributed by atoms with E-state index in [2.05, 4.69) is 83.8 Å². The zero-order valence-corrected chi connectivity index (χ0v) is 25.8. The van der Waals surface area contributed by atoms with Gasteiger partial charge in [-0.15, -0.1) is 58.6 Å². The standard InChI is InChI=1S/C29H16NS2.C5H8O2.Ir/c1-2-8-18(9-3-1)24-16-19(14-15-30-24)27-28-22(20-10-4-6-12-25(20)31-28)17-23-21-11-5-7-13-26(21)32-29(23)27;1-4(6)3-5(2)7;/h1-8,10-17H;3,6H,1-2H3;/q-1;;/b;4-3-;. The van der Waals surface area contributed by atoms with E-state index in [0.717, 1.165) is 11.3 Å². The number of carbonyl (C=O) groups excluding carboxylic acids is 1. The van der Waals surface area contributed by atoms with Gasteiger partial charge in [-0.05, 0) is 49.4 Å². The summed E-state index contributed by atoms with van der Waals surface area (Å²) in [4.78, 5) is 14.7. The van der Waals surface area contributed by atoms with E-state index in [4.69, 9.17) is 5.11 Å². The van der Waals surface area contributed by atoms with Crippen molar-refractivity contribution in [1.29, 1.82) is 0 Å². The molecule has 0 saturated carbocycles. The molecule has 3 heterocycles. The predicted octanol–water partition coefficient (Wildman–Crippen LogP) is 9.99. The number of fused-ring (bicyclic) bond motifs is 6. The maximum atomic E-state index is 10.0. The Bertz CT molecular complexity index is 1930. The van der Waals surface area contributed by atoms with Crippen LogP contribution in [0.1, 0.15) is 13.8 Å². The first-order valence-electron chi connectivity index (χ1n) is 12.6. The predicted molar refractivity (Wildman–Crippen MR) is 167 cm³/mol.